The van der Waals surface area contributed by atoms with E-state index in [1.54, 1.807) is 43.5 Å². The summed E-state index contributed by atoms with van der Waals surface area (Å²) in [6.07, 6.45) is 1.26. The number of rotatable bonds is 7. The van der Waals surface area contributed by atoms with E-state index in [2.05, 4.69) is 14.4 Å². The maximum atomic E-state index is 13.0. The Morgan fingerprint density at radius 1 is 0.946 bits per heavy atom. The van der Waals surface area contributed by atoms with Crippen molar-refractivity contribution in [3.8, 4) is 28.3 Å². The molecule has 3 aromatic carbocycles. The molecule has 0 amide bonds. The minimum absolute atomic E-state index is 0.00431. The first-order chi connectivity index (χ1) is 17.8. The van der Waals surface area contributed by atoms with Gasteiger partial charge in [-0.15, -0.1) is 0 Å². The Labute approximate surface area is 216 Å². The summed E-state index contributed by atoms with van der Waals surface area (Å²) in [5, 5.41) is 4.62. The fourth-order valence-electron chi connectivity index (χ4n) is 3.99. The lowest BCUT2D eigenvalue weighted by atomic mass is 10.0. The maximum Gasteiger partial charge on any atom is 0.263 e. The number of nitrogens with one attached hydrogen (secondary N) is 1. The summed E-state index contributed by atoms with van der Waals surface area (Å²) in [4.78, 5) is 13.0. The van der Waals surface area contributed by atoms with Crippen molar-refractivity contribution in [2.75, 3.05) is 18.9 Å². The Morgan fingerprint density at radius 2 is 1.78 bits per heavy atom. The summed E-state index contributed by atoms with van der Waals surface area (Å²) in [5.74, 6) is 1.13. The third kappa shape index (κ3) is 4.64. The number of hydrogen-bond donors (Lipinski definition) is 1. The highest BCUT2D eigenvalue weighted by Gasteiger charge is 2.19. The molecule has 0 bridgehead atoms. The van der Waals surface area contributed by atoms with Crippen molar-refractivity contribution in [3.05, 3.63) is 94.4 Å². The molecular weight excluding hydrogens is 518 g/mol. The first-order valence-electron chi connectivity index (χ1n) is 10.9. The molecule has 188 valence electrons. The predicted molar refractivity (Wildman–Crippen MR) is 140 cm³/mol. The molecule has 9 nitrogen and oxygen atoms in total. The SMILES string of the molecule is COc1ccc(-c2ccc(-n3c(=O)ccc4cc(S(=O)(=O)Nc5ccon5)ccc43)c(OC)c2)c(Cl)c1. The number of anilines is 1. The van der Waals surface area contributed by atoms with E-state index >= 15 is 0 Å². The summed E-state index contributed by atoms with van der Waals surface area (Å²) >= 11 is 6.46. The molecule has 0 unspecified atom stereocenters. The van der Waals surface area contributed by atoms with E-state index in [0.29, 0.717) is 33.1 Å². The van der Waals surface area contributed by atoms with Crippen LogP contribution in [0.25, 0.3) is 27.7 Å². The van der Waals surface area contributed by atoms with Gasteiger partial charge >= 0.3 is 0 Å². The molecule has 0 radical (unpaired) electrons. The summed E-state index contributed by atoms with van der Waals surface area (Å²) < 4.78 is 45.0. The molecule has 0 saturated carbocycles. The highest BCUT2D eigenvalue weighted by Crippen LogP contribution is 2.35. The number of fused-ring (bicyclic) bond motifs is 1. The van der Waals surface area contributed by atoms with Gasteiger partial charge in [-0.05, 0) is 60.2 Å². The van der Waals surface area contributed by atoms with Gasteiger partial charge in [0.15, 0.2) is 5.82 Å². The Hall–Kier alpha value is -4.28. The van der Waals surface area contributed by atoms with E-state index in [0.717, 1.165) is 11.1 Å². The van der Waals surface area contributed by atoms with Crippen molar-refractivity contribution < 1.29 is 22.4 Å². The van der Waals surface area contributed by atoms with Crippen molar-refractivity contribution in [1.82, 2.24) is 9.72 Å². The number of aromatic nitrogens is 2. The van der Waals surface area contributed by atoms with Crippen molar-refractivity contribution in [1.29, 1.82) is 0 Å². The van der Waals surface area contributed by atoms with Crippen molar-refractivity contribution in [2.24, 2.45) is 0 Å². The Morgan fingerprint density at radius 3 is 2.49 bits per heavy atom. The normalized spacial score (nSPS) is 11.4. The predicted octanol–water partition coefficient (Wildman–Crippen LogP) is 5.12. The zero-order valence-corrected chi connectivity index (χ0v) is 21.2. The summed E-state index contributed by atoms with van der Waals surface area (Å²) in [6, 6.07) is 19.5. The van der Waals surface area contributed by atoms with Gasteiger partial charge in [-0.25, -0.2) is 8.42 Å². The molecule has 0 aliphatic carbocycles. The van der Waals surface area contributed by atoms with Crippen molar-refractivity contribution >= 4 is 38.3 Å². The fourth-order valence-corrected chi connectivity index (χ4v) is 5.30. The Balaban J connectivity index is 1.60. The zero-order valence-electron chi connectivity index (χ0n) is 19.6. The van der Waals surface area contributed by atoms with Crippen LogP contribution < -0.4 is 19.8 Å². The van der Waals surface area contributed by atoms with Crippen molar-refractivity contribution in [2.45, 2.75) is 4.90 Å². The van der Waals surface area contributed by atoms with Gasteiger partial charge < -0.3 is 14.0 Å². The zero-order chi connectivity index (χ0) is 26.2. The molecule has 2 heterocycles. The second-order valence-electron chi connectivity index (χ2n) is 7.95. The van der Waals surface area contributed by atoms with Gasteiger partial charge in [-0.1, -0.05) is 22.8 Å². The van der Waals surface area contributed by atoms with Gasteiger partial charge in [0, 0.05) is 23.1 Å². The van der Waals surface area contributed by atoms with Gasteiger partial charge in [-0.3, -0.25) is 14.1 Å². The standard InChI is InChI=1S/C26H20ClN3O6S/c1-34-18-5-7-20(21(27)15-18)16-3-8-23(24(14-16)35-2)30-22-9-6-19(13-17(22)4-10-26(30)31)37(32,33)29-25-11-12-36-28-25/h3-15H,1-2H3,(H,28,29). The molecule has 0 aliphatic rings. The first-order valence-corrected chi connectivity index (χ1v) is 12.8. The molecule has 37 heavy (non-hydrogen) atoms. The van der Waals surface area contributed by atoms with Crippen LogP contribution in [0, 0.1) is 0 Å². The highest BCUT2D eigenvalue weighted by molar-refractivity contribution is 7.92. The lowest BCUT2D eigenvalue weighted by Crippen LogP contribution is -2.18. The van der Waals surface area contributed by atoms with E-state index in [1.807, 2.05) is 12.1 Å². The molecule has 0 atom stereocenters. The van der Waals surface area contributed by atoms with E-state index in [4.69, 9.17) is 21.1 Å². The number of halogens is 1. The van der Waals surface area contributed by atoms with E-state index in [-0.39, 0.29) is 16.3 Å². The van der Waals surface area contributed by atoms with Gasteiger partial charge in [0.2, 0.25) is 0 Å². The second-order valence-corrected chi connectivity index (χ2v) is 10.0. The second kappa shape index (κ2) is 9.64. The molecule has 5 aromatic rings. The fraction of sp³-hybridized carbons (Fsp3) is 0.0769. The largest absolute Gasteiger partial charge is 0.497 e. The number of benzene rings is 3. The van der Waals surface area contributed by atoms with Gasteiger partial charge in [0.1, 0.15) is 17.8 Å². The van der Waals surface area contributed by atoms with Gasteiger partial charge in [-0.2, -0.15) is 0 Å². The first kappa shape index (κ1) is 24.4. The number of ether oxygens (including phenoxy) is 2. The molecule has 1 N–H and O–H groups in total. The molecule has 11 heteroatoms. The summed E-state index contributed by atoms with van der Waals surface area (Å²) in [6.45, 7) is 0. The average Bonchev–Trinajstić information content (AvgIpc) is 3.40. The monoisotopic (exact) mass is 537 g/mol. The van der Waals surface area contributed by atoms with E-state index < -0.39 is 10.0 Å². The lowest BCUT2D eigenvalue weighted by Gasteiger charge is -2.16. The van der Waals surface area contributed by atoms with Crippen LogP contribution in [0.5, 0.6) is 11.5 Å². The molecule has 5 rings (SSSR count). The maximum absolute atomic E-state index is 13.0. The number of pyridine rings is 1. The molecule has 0 aliphatic heterocycles. The smallest absolute Gasteiger partial charge is 0.263 e. The van der Waals surface area contributed by atoms with Crippen LogP contribution in [0.3, 0.4) is 0 Å². The minimum Gasteiger partial charge on any atom is -0.497 e. The van der Waals surface area contributed by atoms with Crippen LogP contribution in [0.4, 0.5) is 5.82 Å². The van der Waals surface area contributed by atoms with Crippen LogP contribution in [-0.2, 0) is 10.0 Å². The van der Waals surface area contributed by atoms with Crippen LogP contribution >= 0.6 is 11.6 Å². The van der Waals surface area contributed by atoms with E-state index in [1.165, 1.54) is 42.2 Å². The topological polar surface area (TPSA) is 113 Å². The average molecular weight is 538 g/mol. The Kier molecular flexibility index (Phi) is 6.36. The van der Waals surface area contributed by atoms with Crippen LogP contribution in [0.1, 0.15) is 0 Å². The minimum atomic E-state index is -3.93. The molecule has 2 aromatic heterocycles. The quantitative estimate of drug-likeness (QED) is 0.306. The molecule has 0 spiro atoms. The summed E-state index contributed by atoms with van der Waals surface area (Å²) in [7, 11) is -0.852. The molecular formula is C26H20ClN3O6S. The third-order valence-electron chi connectivity index (χ3n) is 5.76. The number of methoxy groups -OCH3 is 2. The van der Waals surface area contributed by atoms with Gasteiger partial charge in [0.05, 0.1) is 35.3 Å². The van der Waals surface area contributed by atoms with Crippen LogP contribution in [-0.4, -0.2) is 32.4 Å². The number of sulfonamides is 1. The van der Waals surface area contributed by atoms with Gasteiger partial charge in [0.25, 0.3) is 15.6 Å². The Bertz CT molecular complexity index is 1780. The third-order valence-corrected chi connectivity index (χ3v) is 7.43. The van der Waals surface area contributed by atoms with Crippen LogP contribution in [0.15, 0.2) is 93.3 Å². The van der Waals surface area contributed by atoms with Crippen LogP contribution in [0.2, 0.25) is 5.02 Å². The van der Waals surface area contributed by atoms with E-state index in [9.17, 15) is 13.2 Å². The lowest BCUT2D eigenvalue weighted by molar-refractivity contribution is 0.413. The molecule has 0 fully saturated rings. The van der Waals surface area contributed by atoms with Crippen molar-refractivity contribution in [3.63, 3.8) is 0 Å². The molecule has 0 saturated heterocycles. The number of hydrogen-bond acceptors (Lipinski definition) is 7. The highest BCUT2D eigenvalue weighted by atomic mass is 35.5. The number of nitrogens with zero attached hydrogens (tertiary/aromatic N) is 2. The summed E-state index contributed by atoms with van der Waals surface area (Å²) in [5.41, 5.74) is 2.24.